The first-order chi connectivity index (χ1) is 5.38. The summed E-state index contributed by atoms with van der Waals surface area (Å²) in [4.78, 5) is 12.2. The molecule has 3 heteroatoms. The van der Waals surface area contributed by atoms with Crippen LogP contribution in [0.25, 0.3) is 11.0 Å². The minimum absolute atomic E-state index is 0. The van der Waals surface area contributed by atoms with Crippen molar-refractivity contribution < 1.29 is 0 Å². The third-order valence-electron chi connectivity index (χ3n) is 1.61. The van der Waals surface area contributed by atoms with Crippen LogP contribution in [0, 0.1) is 14.4 Å². The summed E-state index contributed by atoms with van der Waals surface area (Å²) in [5.41, 5.74) is 1.74. The fourth-order valence-electron chi connectivity index (χ4n) is 1.02. The lowest BCUT2D eigenvalue weighted by Crippen LogP contribution is -1.88. The molecule has 0 aliphatic heterocycles. The van der Waals surface area contributed by atoms with Gasteiger partial charge in [0.2, 0.25) is 0 Å². The Bertz CT molecular complexity index is 379. The van der Waals surface area contributed by atoms with Gasteiger partial charge in [0.05, 0.1) is 5.69 Å². The van der Waals surface area contributed by atoms with Crippen molar-refractivity contribution >= 4 is 11.0 Å². The second kappa shape index (κ2) is 3.26. The van der Waals surface area contributed by atoms with Gasteiger partial charge in [-0.1, -0.05) is 0 Å². The summed E-state index contributed by atoms with van der Waals surface area (Å²) >= 11 is 0. The van der Waals surface area contributed by atoms with Crippen molar-refractivity contribution in [2.24, 2.45) is 0 Å². The third-order valence-corrected chi connectivity index (χ3v) is 1.61. The number of aromatic nitrogens is 3. The molecule has 0 saturated carbocycles. The monoisotopic (exact) mass is 157 g/mol. The zero-order valence-electron chi connectivity index (χ0n) is 6.65. The van der Waals surface area contributed by atoms with Crippen LogP contribution in [0.3, 0.4) is 0 Å². The second-order valence-electron chi connectivity index (χ2n) is 2.33. The van der Waals surface area contributed by atoms with E-state index in [9.17, 15) is 0 Å². The molecule has 0 spiro atoms. The lowest BCUT2D eigenvalue weighted by molar-refractivity contribution is 1.13. The summed E-state index contributed by atoms with van der Waals surface area (Å²) in [6.45, 7) is 1.95. The van der Waals surface area contributed by atoms with Gasteiger partial charge in [-0.2, -0.15) is 0 Å². The fraction of sp³-hybridized carbons (Fsp3) is 0.111. The summed E-state index contributed by atoms with van der Waals surface area (Å²) in [5, 5.41) is 1.02. The highest BCUT2D eigenvalue weighted by molar-refractivity contribution is 5.76. The second-order valence-corrected chi connectivity index (χ2v) is 2.33. The molecule has 0 atom stereocenters. The Labute approximate surface area is 71.5 Å². The highest BCUT2D eigenvalue weighted by Gasteiger charge is 1.96. The first-order valence-electron chi connectivity index (χ1n) is 3.40. The molecule has 0 aromatic carbocycles. The Balaban J connectivity index is 0.000000720. The van der Waals surface area contributed by atoms with E-state index in [-0.39, 0.29) is 7.43 Å². The van der Waals surface area contributed by atoms with Crippen molar-refractivity contribution in [3.63, 3.8) is 0 Å². The van der Waals surface area contributed by atoms with E-state index in [1.165, 1.54) is 6.33 Å². The van der Waals surface area contributed by atoms with Gasteiger partial charge in [0, 0.05) is 19.0 Å². The van der Waals surface area contributed by atoms with Crippen LogP contribution >= 0.6 is 0 Å². The van der Waals surface area contributed by atoms with Crippen molar-refractivity contribution in [3.05, 3.63) is 37.8 Å². The predicted octanol–water partition coefficient (Wildman–Crippen LogP) is 1.41. The van der Waals surface area contributed by atoms with Crippen molar-refractivity contribution in [2.45, 2.75) is 6.92 Å². The molecule has 3 nitrogen and oxygen atoms in total. The molecular weight excluding hydrogens is 150 g/mol. The van der Waals surface area contributed by atoms with Gasteiger partial charge < -0.3 is 0 Å². The van der Waals surface area contributed by atoms with Gasteiger partial charge in [-0.3, -0.25) is 0 Å². The van der Waals surface area contributed by atoms with Gasteiger partial charge in [-0.15, -0.1) is 0 Å². The lowest BCUT2D eigenvalue weighted by Gasteiger charge is -1.95. The number of nitrogens with zero attached hydrogens (tertiary/aromatic N) is 3. The number of hydrogen-bond donors (Lipinski definition) is 0. The topological polar surface area (TPSA) is 38.7 Å². The maximum absolute atomic E-state index is 4.09. The Hall–Kier alpha value is -1.51. The number of aryl methyl sites for hydroxylation is 1. The van der Waals surface area contributed by atoms with Gasteiger partial charge in [0.15, 0.2) is 5.65 Å². The summed E-state index contributed by atoms with van der Waals surface area (Å²) in [6, 6.07) is 3.86. The van der Waals surface area contributed by atoms with Crippen molar-refractivity contribution in [3.8, 4) is 0 Å². The summed E-state index contributed by atoms with van der Waals surface area (Å²) in [5.74, 6) is 0. The normalized spacial score (nSPS) is 9.42. The van der Waals surface area contributed by atoms with E-state index in [0.29, 0.717) is 0 Å². The molecule has 0 amide bonds. The highest BCUT2D eigenvalue weighted by Crippen LogP contribution is 2.08. The van der Waals surface area contributed by atoms with Crippen LogP contribution in [0.2, 0.25) is 0 Å². The van der Waals surface area contributed by atoms with E-state index >= 15 is 0 Å². The molecule has 0 fully saturated rings. The van der Waals surface area contributed by atoms with E-state index in [1.54, 1.807) is 6.20 Å². The molecule has 0 saturated heterocycles. The molecule has 2 aromatic heterocycles. The van der Waals surface area contributed by atoms with Crippen LogP contribution in [-0.2, 0) is 0 Å². The van der Waals surface area contributed by atoms with Gasteiger partial charge in [0.25, 0.3) is 0 Å². The molecule has 0 aliphatic carbocycles. The first kappa shape index (κ1) is 8.59. The van der Waals surface area contributed by atoms with Crippen LogP contribution in [0.1, 0.15) is 5.69 Å². The SMILES string of the molecule is Cc1ncnc2ncccc12.[C]. The van der Waals surface area contributed by atoms with E-state index in [0.717, 1.165) is 16.7 Å². The maximum atomic E-state index is 4.09. The molecule has 58 valence electrons. The van der Waals surface area contributed by atoms with E-state index in [1.807, 2.05) is 19.1 Å². The molecule has 2 rings (SSSR count). The van der Waals surface area contributed by atoms with Crippen molar-refractivity contribution in [2.75, 3.05) is 0 Å². The Morgan fingerprint density at radius 1 is 1.17 bits per heavy atom. The number of hydrogen-bond acceptors (Lipinski definition) is 3. The van der Waals surface area contributed by atoms with E-state index in [4.69, 9.17) is 0 Å². The van der Waals surface area contributed by atoms with E-state index < -0.39 is 0 Å². The zero-order valence-corrected chi connectivity index (χ0v) is 6.65. The largest absolute Gasteiger partial charge is 0.241 e. The Morgan fingerprint density at radius 2 is 2.00 bits per heavy atom. The Morgan fingerprint density at radius 3 is 2.75 bits per heavy atom. The van der Waals surface area contributed by atoms with Crippen LogP contribution in [0.4, 0.5) is 0 Å². The number of fused-ring (bicyclic) bond motifs is 1. The lowest BCUT2D eigenvalue weighted by atomic mass is 10.3. The molecule has 4 radical (unpaired) electrons. The number of rotatable bonds is 0. The average Bonchev–Trinajstić information content (AvgIpc) is 2.06. The predicted molar refractivity (Wildman–Crippen MR) is 45.3 cm³/mol. The van der Waals surface area contributed by atoms with Crippen LogP contribution in [0.15, 0.2) is 24.7 Å². The van der Waals surface area contributed by atoms with Crippen molar-refractivity contribution in [1.29, 1.82) is 0 Å². The van der Waals surface area contributed by atoms with Crippen LogP contribution in [-0.4, -0.2) is 15.0 Å². The molecule has 2 heterocycles. The van der Waals surface area contributed by atoms with Crippen LogP contribution in [0.5, 0.6) is 0 Å². The van der Waals surface area contributed by atoms with Gasteiger partial charge in [-0.25, -0.2) is 15.0 Å². The van der Waals surface area contributed by atoms with Crippen molar-refractivity contribution in [1.82, 2.24) is 15.0 Å². The molecule has 2 aromatic rings. The highest BCUT2D eigenvalue weighted by atomic mass is 14.9. The van der Waals surface area contributed by atoms with Gasteiger partial charge in [0.1, 0.15) is 6.33 Å². The average molecular weight is 157 g/mol. The zero-order chi connectivity index (χ0) is 7.68. The quantitative estimate of drug-likeness (QED) is 0.580. The van der Waals surface area contributed by atoms with E-state index in [2.05, 4.69) is 15.0 Å². The van der Waals surface area contributed by atoms with Gasteiger partial charge >= 0.3 is 0 Å². The summed E-state index contributed by atoms with van der Waals surface area (Å²) < 4.78 is 0. The Kier molecular flexibility index (Phi) is 2.33. The minimum Gasteiger partial charge on any atom is -0.241 e. The smallest absolute Gasteiger partial charge is 0.162 e. The third kappa shape index (κ3) is 1.25. The molecule has 0 unspecified atom stereocenters. The standard InChI is InChI=1S/C8H7N3.C/c1-6-7-3-2-4-9-8(7)11-5-10-6;/h2-5H,1H3;. The first-order valence-corrected chi connectivity index (χ1v) is 3.40. The van der Waals surface area contributed by atoms with Crippen LogP contribution < -0.4 is 0 Å². The molecular formula is C9H7N3. The minimum atomic E-state index is 0. The molecule has 12 heavy (non-hydrogen) atoms. The summed E-state index contributed by atoms with van der Waals surface area (Å²) in [7, 11) is 0. The maximum Gasteiger partial charge on any atom is 0.162 e. The fourth-order valence-corrected chi connectivity index (χ4v) is 1.02. The molecule has 0 aliphatic rings. The summed E-state index contributed by atoms with van der Waals surface area (Å²) in [6.07, 6.45) is 3.26. The van der Waals surface area contributed by atoms with Gasteiger partial charge in [-0.05, 0) is 19.1 Å². The number of pyridine rings is 1. The molecule has 0 bridgehead atoms. The molecule has 0 N–H and O–H groups in total.